The molecule has 5 rings (SSSR count). The average molecular weight is 398 g/mol. The molecule has 1 aromatic carbocycles. The second kappa shape index (κ2) is 6.81. The van der Waals surface area contributed by atoms with Gasteiger partial charge < -0.3 is 15.2 Å². The van der Waals surface area contributed by atoms with Crippen molar-refractivity contribution < 1.29 is 14.3 Å². The van der Waals surface area contributed by atoms with Crippen LogP contribution < -0.4 is 5.73 Å². The lowest BCUT2D eigenvalue weighted by Crippen LogP contribution is -2.52. The molecule has 2 saturated carbocycles. The van der Waals surface area contributed by atoms with E-state index < -0.39 is 5.54 Å². The van der Waals surface area contributed by atoms with Crippen molar-refractivity contribution in [1.29, 1.82) is 0 Å². The van der Waals surface area contributed by atoms with Gasteiger partial charge in [-0.05, 0) is 67.6 Å². The quantitative estimate of drug-likeness (QED) is 0.829. The van der Waals surface area contributed by atoms with Gasteiger partial charge >= 0.3 is 0 Å². The van der Waals surface area contributed by atoms with Gasteiger partial charge in [-0.1, -0.05) is 18.2 Å². The van der Waals surface area contributed by atoms with Gasteiger partial charge in [0.25, 0.3) is 5.91 Å². The minimum atomic E-state index is -0.885. The molecule has 0 saturated heterocycles. The molecule has 3 aliphatic carbocycles. The minimum absolute atomic E-state index is 0.0367. The van der Waals surface area contributed by atoms with E-state index in [1.807, 2.05) is 0 Å². The molecule has 6 heteroatoms. The molecule has 2 N–H and O–H groups in total. The Morgan fingerprint density at radius 2 is 1.97 bits per heavy atom. The maximum Gasteiger partial charge on any atom is 0.262 e. The maximum absolute atomic E-state index is 14.0. The summed E-state index contributed by atoms with van der Waals surface area (Å²) in [6.45, 7) is 0.895. The summed E-state index contributed by atoms with van der Waals surface area (Å²) in [4.78, 5) is 20.6. The fraction of sp³-hybridized carbons (Fsp3) is 0.652. The summed E-state index contributed by atoms with van der Waals surface area (Å²) in [5.74, 6) is 1.01. The number of methoxy groups -OCH3 is 2. The average Bonchev–Trinajstić information content (AvgIpc) is 3.50. The molecule has 0 aromatic heterocycles. The third kappa shape index (κ3) is 2.68. The van der Waals surface area contributed by atoms with Crippen LogP contribution in [0.3, 0.4) is 0 Å². The molecule has 4 aliphatic rings. The number of nitrogens with two attached hydrogens (primary N) is 1. The standard InChI is InChI=1S/C23H31N3O3/c1-28-12-11-26-20(27)23(25-21(26)24)19-13-16(15-3-4-15)5-6-17(19)14-22(23)9-7-18(29-2)8-10-22/h5-6,13,15,18H,3-4,7-12,14H2,1-2H3,(H2,24,25)/t18-,22+,23-/m1/s1. The number of carbonyl (C=O) groups is 1. The largest absolute Gasteiger partial charge is 0.383 e. The number of benzene rings is 1. The van der Waals surface area contributed by atoms with E-state index >= 15 is 0 Å². The van der Waals surface area contributed by atoms with Crippen molar-refractivity contribution in [3.8, 4) is 0 Å². The van der Waals surface area contributed by atoms with E-state index in [1.54, 1.807) is 19.1 Å². The van der Waals surface area contributed by atoms with Crippen LogP contribution in [0.15, 0.2) is 23.2 Å². The zero-order valence-corrected chi connectivity index (χ0v) is 17.4. The molecular weight excluding hydrogens is 366 g/mol. The Morgan fingerprint density at radius 1 is 1.21 bits per heavy atom. The van der Waals surface area contributed by atoms with Crippen molar-refractivity contribution in [2.45, 2.75) is 62.5 Å². The summed E-state index contributed by atoms with van der Waals surface area (Å²) in [5, 5.41) is 0. The number of amides is 1. The van der Waals surface area contributed by atoms with Gasteiger partial charge in [0.05, 0.1) is 19.3 Å². The van der Waals surface area contributed by atoms with Crippen LogP contribution in [-0.4, -0.2) is 50.2 Å². The zero-order valence-electron chi connectivity index (χ0n) is 17.4. The number of fused-ring (bicyclic) bond motifs is 3. The maximum atomic E-state index is 14.0. The van der Waals surface area contributed by atoms with Gasteiger partial charge in [-0.2, -0.15) is 0 Å². The number of carbonyl (C=O) groups excluding carboxylic acids is 1. The van der Waals surface area contributed by atoms with Crippen LogP contribution in [0.4, 0.5) is 0 Å². The first-order valence-electron chi connectivity index (χ1n) is 10.9. The number of hydrogen-bond acceptors (Lipinski definition) is 5. The van der Waals surface area contributed by atoms with E-state index in [9.17, 15) is 4.79 Å². The first-order valence-corrected chi connectivity index (χ1v) is 10.9. The van der Waals surface area contributed by atoms with Crippen molar-refractivity contribution in [1.82, 2.24) is 4.90 Å². The molecule has 2 fully saturated rings. The molecule has 2 spiro atoms. The molecule has 1 amide bonds. The molecule has 1 heterocycles. The zero-order chi connectivity index (χ0) is 20.2. The Kier molecular flexibility index (Phi) is 4.48. The molecule has 1 aliphatic heterocycles. The van der Waals surface area contributed by atoms with Gasteiger partial charge in [0.15, 0.2) is 11.5 Å². The summed E-state index contributed by atoms with van der Waals surface area (Å²) >= 11 is 0. The van der Waals surface area contributed by atoms with Crippen molar-refractivity contribution >= 4 is 11.9 Å². The van der Waals surface area contributed by atoms with Crippen LogP contribution in [0.1, 0.15) is 61.1 Å². The topological polar surface area (TPSA) is 77.2 Å². The number of hydrogen-bond donors (Lipinski definition) is 1. The number of ether oxygens (including phenoxy) is 2. The van der Waals surface area contributed by atoms with Crippen LogP contribution in [0.2, 0.25) is 0 Å². The van der Waals surface area contributed by atoms with Gasteiger partial charge in [0, 0.05) is 19.6 Å². The highest BCUT2D eigenvalue weighted by molar-refractivity contribution is 6.08. The van der Waals surface area contributed by atoms with Gasteiger partial charge in [-0.15, -0.1) is 0 Å². The van der Waals surface area contributed by atoms with Gasteiger partial charge in [-0.3, -0.25) is 9.69 Å². The van der Waals surface area contributed by atoms with Crippen LogP contribution in [0.5, 0.6) is 0 Å². The molecule has 1 atom stereocenters. The fourth-order valence-corrected chi connectivity index (χ4v) is 5.95. The first-order chi connectivity index (χ1) is 14.0. The molecular formula is C23H31N3O3. The fourth-order valence-electron chi connectivity index (χ4n) is 5.95. The number of nitrogens with zero attached hydrogens (tertiary/aromatic N) is 2. The molecule has 29 heavy (non-hydrogen) atoms. The Labute approximate surface area is 172 Å². The minimum Gasteiger partial charge on any atom is -0.383 e. The van der Waals surface area contributed by atoms with E-state index in [1.165, 1.54) is 24.0 Å². The normalized spacial score (nSPS) is 33.6. The molecule has 1 aromatic rings. The Bertz CT molecular complexity index is 855. The lowest BCUT2D eigenvalue weighted by atomic mass is 9.61. The van der Waals surface area contributed by atoms with E-state index in [0.29, 0.717) is 25.0 Å². The summed E-state index contributed by atoms with van der Waals surface area (Å²) < 4.78 is 10.9. The van der Waals surface area contributed by atoms with Crippen molar-refractivity contribution in [2.75, 3.05) is 27.4 Å². The molecule has 0 radical (unpaired) electrons. The van der Waals surface area contributed by atoms with E-state index in [-0.39, 0.29) is 17.4 Å². The van der Waals surface area contributed by atoms with Crippen LogP contribution >= 0.6 is 0 Å². The lowest BCUT2D eigenvalue weighted by Gasteiger charge is -2.45. The summed E-state index contributed by atoms with van der Waals surface area (Å²) in [6.07, 6.45) is 7.43. The summed E-state index contributed by atoms with van der Waals surface area (Å²) in [7, 11) is 3.43. The molecule has 0 unspecified atom stereocenters. The predicted molar refractivity (Wildman–Crippen MR) is 111 cm³/mol. The number of aliphatic imine (C=N–C) groups is 1. The van der Waals surface area contributed by atoms with Crippen molar-refractivity contribution in [3.63, 3.8) is 0 Å². The molecule has 0 bridgehead atoms. The third-order valence-electron chi connectivity index (χ3n) is 7.72. The summed E-state index contributed by atoms with van der Waals surface area (Å²) in [5.41, 5.74) is 8.97. The van der Waals surface area contributed by atoms with Crippen LogP contribution in [-0.2, 0) is 26.2 Å². The highest BCUT2D eigenvalue weighted by Gasteiger charge is 2.66. The number of rotatable bonds is 5. The van der Waals surface area contributed by atoms with Crippen LogP contribution in [0, 0.1) is 5.41 Å². The van der Waals surface area contributed by atoms with Gasteiger partial charge in [0.1, 0.15) is 0 Å². The highest BCUT2D eigenvalue weighted by atomic mass is 16.5. The van der Waals surface area contributed by atoms with E-state index in [2.05, 4.69) is 18.2 Å². The van der Waals surface area contributed by atoms with Crippen molar-refractivity contribution in [3.05, 3.63) is 34.9 Å². The van der Waals surface area contributed by atoms with Gasteiger partial charge in [0.2, 0.25) is 0 Å². The monoisotopic (exact) mass is 397 g/mol. The Hall–Kier alpha value is -1.92. The number of guanidine groups is 1. The van der Waals surface area contributed by atoms with Gasteiger partial charge in [-0.25, -0.2) is 4.99 Å². The summed E-state index contributed by atoms with van der Waals surface area (Å²) in [6, 6.07) is 6.79. The Balaban J connectivity index is 1.61. The lowest BCUT2D eigenvalue weighted by molar-refractivity contribution is -0.138. The molecule has 156 valence electrons. The van der Waals surface area contributed by atoms with Crippen molar-refractivity contribution in [2.24, 2.45) is 16.1 Å². The second-order valence-electron chi connectivity index (χ2n) is 9.21. The SMILES string of the molecule is COCCN1C(=O)[C@]2(N=C1N)c1cc(C3CC3)ccc1C[C@]21CC[C@H](OC)CC1. The van der Waals surface area contributed by atoms with E-state index in [4.69, 9.17) is 20.2 Å². The smallest absolute Gasteiger partial charge is 0.262 e. The van der Waals surface area contributed by atoms with E-state index in [0.717, 1.165) is 37.7 Å². The predicted octanol–water partition coefficient (Wildman–Crippen LogP) is 2.69. The van der Waals surface area contributed by atoms with Crippen LogP contribution in [0.25, 0.3) is 0 Å². The third-order valence-corrected chi connectivity index (χ3v) is 7.72. The Morgan fingerprint density at radius 3 is 2.62 bits per heavy atom. The molecule has 6 nitrogen and oxygen atoms in total. The first kappa shape index (κ1) is 19.1. The second-order valence-corrected chi connectivity index (χ2v) is 9.21. The highest BCUT2D eigenvalue weighted by Crippen LogP contribution is 2.62.